The van der Waals surface area contributed by atoms with Crippen molar-refractivity contribution in [1.29, 1.82) is 0 Å². The Hall–Kier alpha value is -2.96. The van der Waals surface area contributed by atoms with Gasteiger partial charge in [0, 0.05) is 5.56 Å². The SMILES string of the molecule is Cc1ccc(-c2nc(CO[C@H]3CCC[C@@H](OCc4cccc(C)c4C(=O)O)C3)c(C)o2)c(C)c1. The number of aromatic nitrogens is 1. The van der Waals surface area contributed by atoms with E-state index in [1.54, 1.807) is 0 Å². The van der Waals surface area contributed by atoms with E-state index >= 15 is 0 Å². The van der Waals surface area contributed by atoms with Crippen LogP contribution in [0.4, 0.5) is 0 Å². The van der Waals surface area contributed by atoms with Gasteiger partial charge in [0.25, 0.3) is 0 Å². The molecule has 0 amide bonds. The summed E-state index contributed by atoms with van der Waals surface area (Å²) in [5.41, 5.74) is 5.98. The zero-order valence-corrected chi connectivity index (χ0v) is 20.4. The highest BCUT2D eigenvalue weighted by molar-refractivity contribution is 5.91. The van der Waals surface area contributed by atoms with Crippen LogP contribution in [-0.4, -0.2) is 28.3 Å². The minimum Gasteiger partial charge on any atom is -0.478 e. The monoisotopic (exact) mass is 463 g/mol. The lowest BCUT2D eigenvalue weighted by Gasteiger charge is -2.29. The Labute approximate surface area is 200 Å². The normalized spacial score (nSPS) is 18.2. The van der Waals surface area contributed by atoms with E-state index in [9.17, 15) is 9.90 Å². The van der Waals surface area contributed by atoms with E-state index in [2.05, 4.69) is 26.0 Å². The molecule has 0 saturated heterocycles. The van der Waals surface area contributed by atoms with Gasteiger partial charge in [0.1, 0.15) is 11.5 Å². The van der Waals surface area contributed by atoms with Crippen LogP contribution >= 0.6 is 0 Å². The predicted octanol–water partition coefficient (Wildman–Crippen LogP) is 6.32. The smallest absolute Gasteiger partial charge is 0.336 e. The Morgan fingerprint density at radius 2 is 1.76 bits per heavy atom. The van der Waals surface area contributed by atoms with Crippen molar-refractivity contribution in [2.75, 3.05) is 0 Å². The van der Waals surface area contributed by atoms with Crippen molar-refractivity contribution in [3.63, 3.8) is 0 Å². The number of rotatable bonds is 8. The standard InChI is InChI=1S/C28H33NO5/c1-17-11-12-24(19(3)13-17)27-29-25(20(4)34-27)16-33-23-10-6-9-22(14-23)32-15-21-8-5-7-18(2)26(21)28(30)31/h5,7-8,11-13,22-23H,6,9-10,14-16H2,1-4H3,(H,30,31)/t22-,23+/m1/s1. The molecule has 0 spiro atoms. The highest BCUT2D eigenvalue weighted by Gasteiger charge is 2.25. The number of aromatic carboxylic acids is 1. The quantitative estimate of drug-likeness (QED) is 0.421. The molecule has 2 atom stereocenters. The van der Waals surface area contributed by atoms with Gasteiger partial charge in [-0.3, -0.25) is 0 Å². The second kappa shape index (κ2) is 10.5. The van der Waals surface area contributed by atoms with Crippen molar-refractivity contribution in [2.45, 2.75) is 78.8 Å². The van der Waals surface area contributed by atoms with Gasteiger partial charge in [-0.1, -0.05) is 35.9 Å². The maximum Gasteiger partial charge on any atom is 0.336 e. The van der Waals surface area contributed by atoms with E-state index in [-0.39, 0.29) is 12.2 Å². The van der Waals surface area contributed by atoms with Gasteiger partial charge in [-0.15, -0.1) is 0 Å². The molecule has 2 aromatic carbocycles. The molecule has 6 heteroatoms. The molecular weight excluding hydrogens is 430 g/mol. The molecule has 1 fully saturated rings. The third-order valence-corrected chi connectivity index (χ3v) is 6.59. The highest BCUT2D eigenvalue weighted by Crippen LogP contribution is 2.29. The predicted molar refractivity (Wildman–Crippen MR) is 130 cm³/mol. The summed E-state index contributed by atoms with van der Waals surface area (Å²) in [5, 5.41) is 9.54. The van der Waals surface area contributed by atoms with E-state index in [0.29, 0.717) is 30.2 Å². The number of carboxylic acids is 1. The Bertz CT molecular complexity index is 1170. The molecular formula is C28H33NO5. The molecule has 0 radical (unpaired) electrons. The molecule has 1 heterocycles. The van der Waals surface area contributed by atoms with E-state index in [1.165, 1.54) is 5.56 Å². The zero-order chi connectivity index (χ0) is 24.2. The molecule has 4 rings (SSSR count). The third-order valence-electron chi connectivity index (χ3n) is 6.59. The average molecular weight is 464 g/mol. The molecule has 1 aliphatic carbocycles. The molecule has 180 valence electrons. The minimum atomic E-state index is -0.912. The summed E-state index contributed by atoms with van der Waals surface area (Å²) in [4.78, 5) is 16.3. The van der Waals surface area contributed by atoms with Crippen LogP contribution in [0, 0.1) is 27.7 Å². The third kappa shape index (κ3) is 5.57. The summed E-state index contributed by atoms with van der Waals surface area (Å²) >= 11 is 0. The van der Waals surface area contributed by atoms with E-state index in [0.717, 1.165) is 53.8 Å². The Morgan fingerprint density at radius 3 is 2.47 bits per heavy atom. The molecule has 1 aliphatic rings. The zero-order valence-electron chi connectivity index (χ0n) is 20.4. The number of nitrogens with zero attached hydrogens (tertiary/aromatic N) is 1. The van der Waals surface area contributed by atoms with Crippen LogP contribution in [0.1, 0.15) is 69.7 Å². The average Bonchev–Trinajstić information content (AvgIpc) is 3.16. The summed E-state index contributed by atoms with van der Waals surface area (Å²) in [5.74, 6) is 0.495. The Kier molecular flexibility index (Phi) is 7.49. The van der Waals surface area contributed by atoms with Crippen LogP contribution in [0.25, 0.3) is 11.5 Å². The van der Waals surface area contributed by atoms with Crippen molar-refractivity contribution in [3.8, 4) is 11.5 Å². The van der Waals surface area contributed by atoms with Crippen LogP contribution in [0.2, 0.25) is 0 Å². The lowest BCUT2D eigenvalue weighted by atomic mass is 9.94. The van der Waals surface area contributed by atoms with Gasteiger partial charge in [0.05, 0.1) is 31.0 Å². The molecule has 1 N–H and O–H groups in total. The van der Waals surface area contributed by atoms with Crippen molar-refractivity contribution >= 4 is 5.97 Å². The fraction of sp³-hybridized carbons (Fsp3) is 0.429. The fourth-order valence-electron chi connectivity index (χ4n) is 4.69. The maximum atomic E-state index is 11.6. The van der Waals surface area contributed by atoms with Crippen molar-refractivity contribution < 1.29 is 23.8 Å². The maximum absolute atomic E-state index is 11.6. The number of hydrogen-bond acceptors (Lipinski definition) is 5. The number of aryl methyl sites for hydroxylation is 4. The fourth-order valence-corrected chi connectivity index (χ4v) is 4.69. The van der Waals surface area contributed by atoms with Gasteiger partial charge in [-0.05, 0) is 76.1 Å². The van der Waals surface area contributed by atoms with Crippen molar-refractivity contribution in [3.05, 3.63) is 75.7 Å². The minimum absolute atomic E-state index is 0.0464. The van der Waals surface area contributed by atoms with Crippen LogP contribution < -0.4 is 0 Å². The molecule has 34 heavy (non-hydrogen) atoms. The van der Waals surface area contributed by atoms with Crippen molar-refractivity contribution in [1.82, 2.24) is 4.98 Å². The summed E-state index contributed by atoms with van der Waals surface area (Å²) in [7, 11) is 0. The molecule has 0 bridgehead atoms. The number of benzene rings is 2. The summed E-state index contributed by atoms with van der Waals surface area (Å²) in [6.45, 7) is 8.57. The molecule has 0 unspecified atom stereocenters. The van der Waals surface area contributed by atoms with E-state index < -0.39 is 5.97 Å². The second-order valence-corrected chi connectivity index (χ2v) is 9.29. The molecule has 1 saturated carbocycles. The summed E-state index contributed by atoms with van der Waals surface area (Å²) in [6, 6.07) is 11.8. The van der Waals surface area contributed by atoms with Gasteiger partial charge >= 0.3 is 5.97 Å². The first-order valence-corrected chi connectivity index (χ1v) is 11.9. The van der Waals surface area contributed by atoms with Crippen molar-refractivity contribution in [2.24, 2.45) is 0 Å². The Morgan fingerprint density at radius 1 is 1.03 bits per heavy atom. The first-order chi connectivity index (χ1) is 16.3. The number of ether oxygens (including phenoxy) is 2. The topological polar surface area (TPSA) is 81.8 Å². The molecule has 0 aliphatic heterocycles. The summed E-state index contributed by atoms with van der Waals surface area (Å²) < 4.78 is 18.3. The van der Waals surface area contributed by atoms with Gasteiger partial charge in [-0.25, -0.2) is 9.78 Å². The summed E-state index contributed by atoms with van der Waals surface area (Å²) in [6.07, 6.45) is 3.86. The first-order valence-electron chi connectivity index (χ1n) is 11.9. The largest absolute Gasteiger partial charge is 0.478 e. The number of carboxylic acid groups (broad SMARTS) is 1. The van der Waals surface area contributed by atoms with Crippen LogP contribution in [0.3, 0.4) is 0 Å². The van der Waals surface area contributed by atoms with Gasteiger partial charge in [-0.2, -0.15) is 0 Å². The molecule has 6 nitrogen and oxygen atoms in total. The molecule has 1 aromatic heterocycles. The van der Waals surface area contributed by atoms with Gasteiger partial charge in [0.2, 0.25) is 5.89 Å². The number of oxazole rings is 1. The lowest BCUT2D eigenvalue weighted by molar-refractivity contribution is -0.0564. The van der Waals surface area contributed by atoms with Gasteiger partial charge < -0.3 is 19.0 Å². The number of hydrogen-bond donors (Lipinski definition) is 1. The van der Waals surface area contributed by atoms with Crippen LogP contribution in [0.15, 0.2) is 40.8 Å². The second-order valence-electron chi connectivity index (χ2n) is 9.29. The van der Waals surface area contributed by atoms with E-state index in [1.807, 2.05) is 38.1 Å². The first kappa shape index (κ1) is 24.2. The highest BCUT2D eigenvalue weighted by atomic mass is 16.5. The van der Waals surface area contributed by atoms with Gasteiger partial charge in [0.15, 0.2) is 0 Å². The Balaban J connectivity index is 1.34. The van der Waals surface area contributed by atoms with Crippen LogP contribution in [0.5, 0.6) is 0 Å². The number of carbonyl (C=O) groups is 1. The van der Waals surface area contributed by atoms with Crippen LogP contribution in [-0.2, 0) is 22.7 Å². The van der Waals surface area contributed by atoms with E-state index in [4.69, 9.17) is 18.9 Å². The lowest BCUT2D eigenvalue weighted by Crippen LogP contribution is -2.28. The molecule has 3 aromatic rings.